The third-order valence-electron chi connectivity index (χ3n) is 12.7. The van der Waals surface area contributed by atoms with Crippen molar-refractivity contribution in [1.29, 1.82) is 0 Å². The Bertz CT molecular complexity index is 1670. The molecule has 3 aromatic carbocycles. The predicted octanol–water partition coefficient (Wildman–Crippen LogP) is 9.88. The van der Waals surface area contributed by atoms with Gasteiger partial charge in [0.2, 0.25) is 5.69 Å². The molecule has 1 nitrogen and oxygen atoms in total. The zero-order valence-corrected chi connectivity index (χ0v) is 27.1. The number of benzene rings is 3. The van der Waals surface area contributed by atoms with Crippen LogP contribution in [0.1, 0.15) is 126 Å². The van der Waals surface area contributed by atoms with Gasteiger partial charge in [0, 0.05) is 35.8 Å². The average molecular weight is 555 g/mol. The van der Waals surface area contributed by atoms with E-state index in [-0.39, 0.29) is 27.2 Å². The minimum Gasteiger partial charge on any atom is -0.192 e. The lowest BCUT2D eigenvalue weighted by atomic mass is 9.49. The van der Waals surface area contributed by atoms with Gasteiger partial charge in [0.1, 0.15) is 0 Å². The van der Waals surface area contributed by atoms with Crippen molar-refractivity contribution in [3.63, 3.8) is 0 Å². The van der Waals surface area contributed by atoms with Gasteiger partial charge in [-0.05, 0) is 82.7 Å². The summed E-state index contributed by atoms with van der Waals surface area (Å²) in [6, 6.07) is 31.0. The van der Waals surface area contributed by atoms with Gasteiger partial charge in [-0.2, -0.15) is 4.57 Å². The molecule has 42 heavy (non-hydrogen) atoms. The molecule has 1 heteroatoms. The fourth-order valence-electron chi connectivity index (χ4n) is 10.0. The first-order valence-electron chi connectivity index (χ1n) is 16.4. The number of hydrogen-bond donors (Lipinski definition) is 0. The lowest BCUT2D eigenvalue weighted by molar-refractivity contribution is -0.769. The van der Waals surface area contributed by atoms with Crippen molar-refractivity contribution in [2.75, 3.05) is 0 Å². The summed E-state index contributed by atoms with van der Waals surface area (Å²) in [5.41, 5.74) is 13.4. The van der Waals surface area contributed by atoms with Gasteiger partial charge in [-0.3, -0.25) is 0 Å². The topological polar surface area (TPSA) is 3.88 Å². The first-order valence-corrected chi connectivity index (χ1v) is 16.4. The zero-order chi connectivity index (χ0) is 29.7. The van der Waals surface area contributed by atoms with Gasteiger partial charge in [-0.25, -0.2) is 0 Å². The summed E-state index contributed by atoms with van der Waals surface area (Å²) in [5, 5.41) is 0. The first-order chi connectivity index (χ1) is 20.0. The molecule has 0 fully saturated rings. The van der Waals surface area contributed by atoms with Gasteiger partial charge in [-0.15, -0.1) is 0 Å². The monoisotopic (exact) mass is 554 g/mol. The summed E-state index contributed by atoms with van der Waals surface area (Å²) in [5.74, 6) is 0. The van der Waals surface area contributed by atoms with Crippen LogP contribution < -0.4 is 4.57 Å². The van der Waals surface area contributed by atoms with Gasteiger partial charge >= 0.3 is 0 Å². The molecule has 0 saturated carbocycles. The van der Waals surface area contributed by atoms with E-state index in [0.717, 1.165) is 25.7 Å². The second-order valence-corrected chi connectivity index (χ2v) is 14.8. The van der Waals surface area contributed by atoms with E-state index in [0.29, 0.717) is 0 Å². The highest BCUT2D eigenvalue weighted by atomic mass is 15.1. The number of pyridine rings is 1. The van der Waals surface area contributed by atoms with Crippen LogP contribution in [0.3, 0.4) is 0 Å². The molecule has 0 radical (unpaired) electrons. The van der Waals surface area contributed by atoms with Crippen LogP contribution in [-0.4, -0.2) is 0 Å². The normalized spacial score (nSPS) is 23.2. The van der Waals surface area contributed by atoms with Crippen LogP contribution in [0.4, 0.5) is 0 Å². The summed E-state index contributed by atoms with van der Waals surface area (Å²) >= 11 is 0. The van der Waals surface area contributed by atoms with Crippen molar-refractivity contribution < 1.29 is 4.57 Å². The smallest absolute Gasteiger partial charge is 0.192 e. The van der Waals surface area contributed by atoms with Crippen LogP contribution in [0.15, 0.2) is 85.1 Å². The van der Waals surface area contributed by atoms with Crippen LogP contribution >= 0.6 is 0 Å². The molecule has 1 spiro atoms. The summed E-state index contributed by atoms with van der Waals surface area (Å²) in [6.45, 7) is 19.6. The third kappa shape index (κ3) is 3.13. The molecule has 4 aromatic rings. The van der Waals surface area contributed by atoms with E-state index >= 15 is 0 Å². The lowest BCUT2D eigenvalue weighted by Gasteiger charge is -2.54. The zero-order valence-electron chi connectivity index (χ0n) is 27.1. The second-order valence-electron chi connectivity index (χ2n) is 14.8. The fraction of sp³-hybridized carbons (Fsp3) is 0.439. The first kappa shape index (κ1) is 27.6. The number of nitrogens with zero attached hydrogens (tertiary/aromatic N) is 1. The van der Waals surface area contributed by atoms with Crippen LogP contribution in [0.25, 0.3) is 11.3 Å². The van der Waals surface area contributed by atoms with E-state index < -0.39 is 0 Å². The molecule has 2 heterocycles. The Labute approximate surface area is 254 Å². The van der Waals surface area contributed by atoms with Crippen LogP contribution in [-0.2, 0) is 27.2 Å². The molecule has 0 bridgehead atoms. The number of fused-ring (bicyclic) bond motifs is 9. The van der Waals surface area contributed by atoms with E-state index in [1.807, 2.05) is 0 Å². The number of rotatable bonds is 3. The maximum absolute atomic E-state index is 2.70. The number of aromatic nitrogens is 1. The molecule has 0 saturated heterocycles. The largest absolute Gasteiger partial charge is 0.213 e. The quantitative estimate of drug-likeness (QED) is 0.222. The molecule has 7 rings (SSSR count). The summed E-state index contributed by atoms with van der Waals surface area (Å²) in [4.78, 5) is 0. The molecule has 1 aromatic heterocycles. The van der Waals surface area contributed by atoms with Gasteiger partial charge in [0.15, 0.2) is 11.7 Å². The minimum absolute atomic E-state index is 0.0327. The Morgan fingerprint density at radius 3 is 1.71 bits per heavy atom. The summed E-state index contributed by atoms with van der Waals surface area (Å²) in [7, 11) is 0. The Kier molecular flexibility index (Phi) is 5.86. The van der Waals surface area contributed by atoms with Crippen LogP contribution in [0, 0.1) is 0 Å². The molecule has 3 aliphatic rings. The maximum atomic E-state index is 2.70. The lowest BCUT2D eigenvalue weighted by Crippen LogP contribution is -2.68. The van der Waals surface area contributed by atoms with E-state index in [1.54, 1.807) is 11.1 Å². The third-order valence-corrected chi connectivity index (χ3v) is 12.7. The van der Waals surface area contributed by atoms with E-state index in [9.17, 15) is 0 Å². The molecule has 2 aliphatic carbocycles. The molecule has 216 valence electrons. The Balaban J connectivity index is 1.64. The second kappa shape index (κ2) is 8.91. The number of hydrogen-bond acceptors (Lipinski definition) is 0. The Hall–Kier alpha value is -3.19. The average Bonchev–Trinajstić information content (AvgIpc) is 3.01. The fourth-order valence-corrected chi connectivity index (χ4v) is 10.0. The molecule has 1 aliphatic heterocycles. The summed E-state index contributed by atoms with van der Waals surface area (Å²) < 4.78 is 2.66. The van der Waals surface area contributed by atoms with E-state index in [1.165, 1.54) is 45.5 Å². The van der Waals surface area contributed by atoms with Crippen molar-refractivity contribution in [2.24, 2.45) is 0 Å². The molecule has 0 amide bonds. The van der Waals surface area contributed by atoms with Gasteiger partial charge in [0.25, 0.3) is 0 Å². The highest BCUT2D eigenvalue weighted by Crippen LogP contribution is 2.61. The highest BCUT2D eigenvalue weighted by Gasteiger charge is 2.60. The van der Waals surface area contributed by atoms with Crippen molar-refractivity contribution in [3.8, 4) is 11.3 Å². The molecular formula is C41H48N+. The Morgan fingerprint density at radius 2 is 1.14 bits per heavy atom. The molecule has 1 atom stereocenters. The van der Waals surface area contributed by atoms with Crippen LogP contribution in [0.2, 0.25) is 0 Å². The van der Waals surface area contributed by atoms with E-state index in [4.69, 9.17) is 0 Å². The van der Waals surface area contributed by atoms with Crippen LogP contribution in [0.5, 0.6) is 0 Å². The molecule has 1 unspecified atom stereocenters. The predicted molar refractivity (Wildman–Crippen MR) is 175 cm³/mol. The highest BCUT2D eigenvalue weighted by molar-refractivity contribution is 5.74. The van der Waals surface area contributed by atoms with Gasteiger partial charge in [0.05, 0.1) is 11.0 Å². The van der Waals surface area contributed by atoms with E-state index in [2.05, 4.69) is 145 Å². The molecular weight excluding hydrogens is 506 g/mol. The summed E-state index contributed by atoms with van der Waals surface area (Å²) in [6.07, 6.45) is 8.02. The standard InChI is InChI=1S/C41H48N/c1-9-39(8)33-27-34-35(26-28(33)36-22-16-17-25-42(36)40(39,10-2)11-3)41(24-23-37(34,4)5)31-20-14-12-18-29(31)38(6,7)30-19-13-15-21-32(30)41/h12-22,25-27H,9-11,23-24H2,1-8H3/q+1. The van der Waals surface area contributed by atoms with Crippen molar-refractivity contribution in [2.45, 2.75) is 115 Å². The minimum atomic E-state index is -0.158. The SMILES string of the molecule is CCC1(C)c2cc3c(cc2-c2cccc[n+]2C1(CC)CC)C1(CCC3(C)C)c2ccccc2C(C)(C)c2ccccc21. The van der Waals surface area contributed by atoms with Gasteiger partial charge in [-0.1, -0.05) is 103 Å². The van der Waals surface area contributed by atoms with Crippen molar-refractivity contribution in [1.82, 2.24) is 0 Å². The maximum Gasteiger partial charge on any atom is 0.213 e. The van der Waals surface area contributed by atoms with Crippen molar-refractivity contribution >= 4 is 0 Å². The Morgan fingerprint density at radius 1 is 0.571 bits per heavy atom. The van der Waals surface area contributed by atoms with Gasteiger partial charge < -0.3 is 0 Å². The van der Waals surface area contributed by atoms with Crippen molar-refractivity contribution in [3.05, 3.63) is 124 Å². The molecule has 0 N–H and O–H groups in total.